The van der Waals surface area contributed by atoms with E-state index in [1.54, 1.807) is 0 Å². The van der Waals surface area contributed by atoms with Crippen molar-refractivity contribution in [1.29, 1.82) is 0 Å². The van der Waals surface area contributed by atoms with Crippen LogP contribution in [0.25, 0.3) is 11.0 Å². The SMILES string of the molecule is CC(=O)[C@@]1(O)[C@@](O)(C(C)=O)CO[C@@H](n2cnc3c(F)c(F)c(F)cc32)[C@@]1(O)C(C)=O. The Labute approximate surface area is 166 Å². The minimum atomic E-state index is -3.39. The van der Waals surface area contributed by atoms with E-state index in [2.05, 4.69) is 4.98 Å². The zero-order chi connectivity index (χ0) is 22.8. The Morgan fingerprint density at radius 1 is 1.07 bits per heavy atom. The van der Waals surface area contributed by atoms with Crippen molar-refractivity contribution >= 4 is 28.4 Å². The first-order valence-electron chi connectivity index (χ1n) is 8.57. The third-order valence-corrected chi connectivity index (χ3v) is 5.54. The highest BCUT2D eigenvalue weighted by Crippen LogP contribution is 2.48. The first kappa shape index (κ1) is 22.0. The monoisotopic (exact) mass is 430 g/mol. The number of Topliss-reactive ketones (excluding diaryl/α,β-unsaturated/α-hetero) is 3. The molecular weight excluding hydrogens is 413 g/mol. The maximum absolute atomic E-state index is 14.1. The van der Waals surface area contributed by atoms with Gasteiger partial charge in [-0.2, -0.15) is 0 Å². The van der Waals surface area contributed by atoms with Crippen molar-refractivity contribution in [3.63, 3.8) is 0 Å². The quantitative estimate of drug-likeness (QED) is 0.574. The Morgan fingerprint density at radius 3 is 2.17 bits per heavy atom. The van der Waals surface area contributed by atoms with Crippen molar-refractivity contribution in [2.45, 2.75) is 43.8 Å². The molecule has 0 unspecified atom stereocenters. The average molecular weight is 430 g/mol. The summed E-state index contributed by atoms with van der Waals surface area (Å²) in [6, 6.07) is 0.503. The number of halogens is 3. The van der Waals surface area contributed by atoms with Crippen LogP contribution in [0.4, 0.5) is 13.2 Å². The van der Waals surface area contributed by atoms with Crippen molar-refractivity contribution in [2.75, 3.05) is 6.61 Å². The lowest BCUT2D eigenvalue weighted by molar-refractivity contribution is -0.310. The summed E-state index contributed by atoms with van der Waals surface area (Å²) >= 11 is 0. The topological polar surface area (TPSA) is 139 Å². The molecule has 1 aliphatic rings. The van der Waals surface area contributed by atoms with Crippen LogP contribution in [0.5, 0.6) is 0 Å². The molecule has 1 fully saturated rings. The molecule has 1 saturated heterocycles. The molecule has 3 rings (SSSR count). The van der Waals surface area contributed by atoms with E-state index in [1.807, 2.05) is 0 Å². The van der Waals surface area contributed by atoms with Gasteiger partial charge in [0, 0.05) is 6.07 Å². The molecule has 1 aromatic carbocycles. The van der Waals surface area contributed by atoms with E-state index in [4.69, 9.17) is 4.74 Å². The highest BCUT2D eigenvalue weighted by Gasteiger charge is 2.75. The van der Waals surface area contributed by atoms with Crippen LogP contribution >= 0.6 is 0 Å². The molecule has 12 heteroatoms. The molecule has 1 aliphatic heterocycles. The number of fused-ring (bicyclic) bond motifs is 1. The summed E-state index contributed by atoms with van der Waals surface area (Å²) in [5.41, 5.74) is -10.9. The van der Waals surface area contributed by atoms with Crippen molar-refractivity contribution in [1.82, 2.24) is 9.55 Å². The second-order valence-electron chi connectivity index (χ2n) is 7.17. The summed E-state index contributed by atoms with van der Waals surface area (Å²) in [7, 11) is 0. The lowest BCUT2D eigenvalue weighted by atomic mass is 9.63. The van der Waals surface area contributed by atoms with Gasteiger partial charge in [-0.3, -0.25) is 14.4 Å². The van der Waals surface area contributed by atoms with Crippen LogP contribution in [0.3, 0.4) is 0 Å². The Hall–Kier alpha value is -2.67. The van der Waals surface area contributed by atoms with E-state index in [-0.39, 0.29) is 0 Å². The van der Waals surface area contributed by atoms with Crippen LogP contribution in [-0.4, -0.2) is 65.6 Å². The Morgan fingerprint density at radius 2 is 1.67 bits per heavy atom. The first-order chi connectivity index (χ1) is 13.7. The summed E-state index contributed by atoms with van der Waals surface area (Å²) in [6.07, 6.45) is -1.32. The molecule has 0 radical (unpaired) electrons. The molecule has 0 aliphatic carbocycles. The van der Waals surface area contributed by atoms with Crippen molar-refractivity contribution in [2.24, 2.45) is 0 Å². The molecular formula is C18H17F3N2O7. The predicted octanol–water partition coefficient (Wildman–Crippen LogP) is -0.0573. The number of carbonyl (C=O) groups is 3. The predicted molar refractivity (Wildman–Crippen MR) is 91.5 cm³/mol. The van der Waals surface area contributed by atoms with Gasteiger partial charge in [0.05, 0.1) is 18.5 Å². The molecule has 30 heavy (non-hydrogen) atoms. The number of ketones is 3. The van der Waals surface area contributed by atoms with Gasteiger partial charge >= 0.3 is 0 Å². The summed E-state index contributed by atoms with van der Waals surface area (Å²) < 4.78 is 47.3. The maximum atomic E-state index is 14.1. The second kappa shape index (κ2) is 6.67. The van der Waals surface area contributed by atoms with Crippen molar-refractivity contribution in [3.8, 4) is 0 Å². The maximum Gasteiger partial charge on any atom is 0.207 e. The number of benzene rings is 1. The Kier molecular flexibility index (Phi) is 4.90. The van der Waals surface area contributed by atoms with Gasteiger partial charge in [0.2, 0.25) is 11.2 Å². The summed E-state index contributed by atoms with van der Waals surface area (Å²) in [5, 5.41) is 33.1. The fourth-order valence-electron chi connectivity index (χ4n) is 3.81. The molecule has 0 saturated carbocycles. The minimum absolute atomic E-state index is 0.491. The number of hydrogen-bond acceptors (Lipinski definition) is 8. The van der Waals surface area contributed by atoms with Crippen LogP contribution in [0.2, 0.25) is 0 Å². The molecule has 2 aromatic rings. The number of rotatable bonds is 4. The highest BCUT2D eigenvalue weighted by atomic mass is 19.2. The number of imidazole rings is 1. The van der Waals surface area contributed by atoms with E-state index in [9.17, 15) is 42.9 Å². The zero-order valence-corrected chi connectivity index (χ0v) is 15.9. The van der Waals surface area contributed by atoms with Crippen LogP contribution < -0.4 is 0 Å². The largest absolute Gasteiger partial charge is 0.376 e. The van der Waals surface area contributed by atoms with Gasteiger partial charge in [0.1, 0.15) is 5.52 Å². The van der Waals surface area contributed by atoms with Crippen LogP contribution in [0, 0.1) is 17.5 Å². The van der Waals surface area contributed by atoms with E-state index in [0.29, 0.717) is 10.6 Å². The summed E-state index contributed by atoms with van der Waals surface area (Å²) in [5.74, 6) is -8.94. The lowest BCUT2D eigenvalue weighted by Gasteiger charge is -2.54. The van der Waals surface area contributed by atoms with Crippen molar-refractivity contribution in [3.05, 3.63) is 29.8 Å². The van der Waals surface area contributed by atoms with E-state index in [1.165, 1.54) is 0 Å². The molecule has 0 bridgehead atoms. The minimum Gasteiger partial charge on any atom is -0.376 e. The van der Waals surface area contributed by atoms with Gasteiger partial charge in [-0.1, -0.05) is 0 Å². The molecule has 4 atom stereocenters. The Bertz CT molecular complexity index is 1100. The third-order valence-electron chi connectivity index (χ3n) is 5.54. The summed E-state index contributed by atoms with van der Waals surface area (Å²) in [6.45, 7) is 1.21. The smallest absolute Gasteiger partial charge is 0.207 e. The lowest BCUT2D eigenvalue weighted by Crippen LogP contribution is -2.82. The number of aliphatic hydroxyl groups is 3. The fourth-order valence-corrected chi connectivity index (χ4v) is 3.81. The normalized spacial score (nSPS) is 31.7. The standard InChI is InChI=1S/C18H17F3N2O7/c1-7(24)16(27)5-30-15(17(28,8(2)25)18(16,29)9(3)26)23-6-22-14-11(23)4-10(19)12(20)13(14)21/h4,6,15,27-29H,5H2,1-3H3/t15-,16+,17+,18-/m1/s1. The highest BCUT2D eigenvalue weighted by molar-refractivity contribution is 6.05. The zero-order valence-electron chi connectivity index (χ0n) is 15.9. The average Bonchev–Trinajstić information content (AvgIpc) is 3.07. The van der Waals surface area contributed by atoms with Crippen molar-refractivity contribution < 1.29 is 47.6 Å². The van der Waals surface area contributed by atoms with Gasteiger partial charge in [-0.15, -0.1) is 0 Å². The number of hydrogen-bond donors (Lipinski definition) is 3. The van der Waals surface area contributed by atoms with Gasteiger partial charge in [-0.25, -0.2) is 18.2 Å². The van der Waals surface area contributed by atoms with Crippen LogP contribution in [-0.2, 0) is 19.1 Å². The number of aromatic nitrogens is 2. The molecule has 0 amide bonds. The van der Waals surface area contributed by atoms with Gasteiger partial charge in [-0.05, 0) is 20.8 Å². The van der Waals surface area contributed by atoms with Gasteiger partial charge in [0.15, 0.2) is 46.6 Å². The number of carbonyl (C=O) groups excluding carboxylic acids is 3. The van der Waals surface area contributed by atoms with E-state index >= 15 is 0 Å². The number of ether oxygens (including phenoxy) is 1. The summed E-state index contributed by atoms with van der Waals surface area (Å²) in [4.78, 5) is 40.5. The number of nitrogens with zero attached hydrogens (tertiary/aromatic N) is 2. The van der Waals surface area contributed by atoms with Gasteiger partial charge in [0.25, 0.3) is 0 Å². The Balaban J connectivity index is 2.35. The molecule has 3 N–H and O–H groups in total. The molecule has 162 valence electrons. The molecule has 2 heterocycles. The van der Waals surface area contributed by atoms with E-state index < -0.39 is 75.5 Å². The second-order valence-corrected chi connectivity index (χ2v) is 7.17. The van der Waals surface area contributed by atoms with E-state index in [0.717, 1.165) is 27.1 Å². The molecule has 1 aromatic heterocycles. The van der Waals surface area contributed by atoms with Crippen LogP contribution in [0.15, 0.2) is 12.4 Å². The fraction of sp³-hybridized carbons (Fsp3) is 0.444. The molecule has 0 spiro atoms. The third kappa shape index (κ3) is 2.44. The van der Waals surface area contributed by atoms with Gasteiger partial charge < -0.3 is 24.6 Å². The molecule has 9 nitrogen and oxygen atoms in total. The first-order valence-corrected chi connectivity index (χ1v) is 8.57. The van der Waals surface area contributed by atoms with Crippen LogP contribution in [0.1, 0.15) is 27.0 Å².